The highest BCUT2D eigenvalue weighted by molar-refractivity contribution is 5.66. The number of alkyl halides is 3. The van der Waals surface area contributed by atoms with E-state index in [0.717, 1.165) is 24.3 Å². The minimum absolute atomic E-state index is 0.200. The van der Waals surface area contributed by atoms with Gasteiger partial charge in [0.2, 0.25) is 0 Å². The maximum atomic E-state index is 13.1. The molecule has 0 aromatic heterocycles. The number of nitriles is 1. The van der Waals surface area contributed by atoms with Crippen LogP contribution in [0.5, 0.6) is 0 Å². The minimum Gasteiger partial charge on any atom is -0.354 e. The summed E-state index contributed by atoms with van der Waals surface area (Å²) >= 11 is 0. The molecule has 1 N–H and O–H groups in total. The molecule has 0 aliphatic carbocycles. The van der Waals surface area contributed by atoms with Crippen LogP contribution in [0.3, 0.4) is 0 Å². The van der Waals surface area contributed by atoms with Crippen LogP contribution < -0.4 is 5.32 Å². The number of rotatable bonds is 2. The van der Waals surface area contributed by atoms with Gasteiger partial charge in [-0.05, 0) is 42.5 Å². The second kappa shape index (κ2) is 5.21. The Labute approximate surface area is 112 Å². The van der Waals surface area contributed by atoms with Gasteiger partial charge in [-0.2, -0.15) is 18.4 Å². The van der Waals surface area contributed by atoms with Gasteiger partial charge in [0, 0.05) is 5.69 Å². The third kappa shape index (κ3) is 3.06. The zero-order valence-electron chi connectivity index (χ0n) is 10.0. The highest BCUT2D eigenvalue weighted by atomic mass is 19.4. The van der Waals surface area contributed by atoms with Gasteiger partial charge < -0.3 is 5.32 Å². The summed E-state index contributed by atoms with van der Waals surface area (Å²) in [7, 11) is 0. The van der Waals surface area contributed by atoms with Gasteiger partial charge in [-0.1, -0.05) is 0 Å². The molecule has 2 nitrogen and oxygen atoms in total. The molecule has 0 aliphatic heterocycles. The van der Waals surface area contributed by atoms with Crippen molar-refractivity contribution in [2.45, 2.75) is 6.18 Å². The van der Waals surface area contributed by atoms with E-state index in [4.69, 9.17) is 5.26 Å². The van der Waals surface area contributed by atoms with E-state index in [1.807, 2.05) is 6.07 Å². The van der Waals surface area contributed by atoms with Crippen LogP contribution in [0.25, 0.3) is 0 Å². The molecule has 2 rings (SSSR count). The summed E-state index contributed by atoms with van der Waals surface area (Å²) in [6, 6.07) is 9.66. The van der Waals surface area contributed by atoms with Crippen LogP contribution in [0.2, 0.25) is 0 Å². The van der Waals surface area contributed by atoms with Crippen molar-refractivity contribution in [3.63, 3.8) is 0 Å². The molecule has 2 aromatic carbocycles. The number of hydrogen-bond donors (Lipinski definition) is 1. The smallest absolute Gasteiger partial charge is 0.354 e. The Morgan fingerprint density at radius 3 is 2.20 bits per heavy atom. The van der Waals surface area contributed by atoms with E-state index in [0.29, 0.717) is 5.69 Å². The number of nitrogens with zero attached hydrogens (tertiary/aromatic N) is 1. The molecular formula is C14H8F4N2. The van der Waals surface area contributed by atoms with E-state index >= 15 is 0 Å². The molecule has 0 saturated carbocycles. The van der Waals surface area contributed by atoms with Crippen molar-refractivity contribution < 1.29 is 17.6 Å². The largest absolute Gasteiger partial charge is 0.416 e. The second-order valence-electron chi connectivity index (χ2n) is 4.00. The van der Waals surface area contributed by atoms with Crippen molar-refractivity contribution in [2.24, 2.45) is 0 Å². The Morgan fingerprint density at radius 1 is 1.00 bits per heavy atom. The molecule has 0 unspecified atom stereocenters. The maximum Gasteiger partial charge on any atom is 0.416 e. The van der Waals surface area contributed by atoms with Crippen LogP contribution >= 0.6 is 0 Å². The summed E-state index contributed by atoms with van der Waals surface area (Å²) in [6.45, 7) is 0. The van der Waals surface area contributed by atoms with Crippen molar-refractivity contribution in [1.29, 1.82) is 5.26 Å². The normalized spacial score (nSPS) is 10.9. The highest BCUT2D eigenvalue weighted by Crippen LogP contribution is 2.30. The Balaban J connectivity index is 2.27. The Bertz CT molecular complexity index is 654. The zero-order chi connectivity index (χ0) is 14.8. The molecule has 2 aromatic rings. The predicted molar refractivity (Wildman–Crippen MR) is 65.8 cm³/mol. The molecule has 0 radical (unpaired) electrons. The standard InChI is InChI=1S/C14H8F4N2/c15-11-4-1-9(8-19)13(7-11)20-12-5-2-10(3-6-12)14(16,17)18/h1-7,20H. The molecular weight excluding hydrogens is 272 g/mol. The van der Waals surface area contributed by atoms with Crippen LogP contribution in [-0.2, 0) is 6.18 Å². The fourth-order valence-corrected chi connectivity index (χ4v) is 1.62. The second-order valence-corrected chi connectivity index (χ2v) is 4.00. The summed E-state index contributed by atoms with van der Waals surface area (Å²) < 4.78 is 50.3. The van der Waals surface area contributed by atoms with E-state index in [1.54, 1.807) is 0 Å². The molecule has 0 heterocycles. The number of benzene rings is 2. The quantitative estimate of drug-likeness (QED) is 0.824. The fourth-order valence-electron chi connectivity index (χ4n) is 1.62. The lowest BCUT2D eigenvalue weighted by atomic mass is 10.1. The third-order valence-electron chi connectivity index (χ3n) is 2.59. The van der Waals surface area contributed by atoms with Crippen LogP contribution in [0.15, 0.2) is 42.5 Å². The van der Waals surface area contributed by atoms with Gasteiger partial charge in [-0.25, -0.2) is 4.39 Å². The minimum atomic E-state index is -4.41. The molecule has 102 valence electrons. The first kappa shape index (κ1) is 13.9. The van der Waals surface area contributed by atoms with E-state index in [1.165, 1.54) is 18.2 Å². The first-order valence-corrected chi connectivity index (χ1v) is 5.54. The fraction of sp³-hybridized carbons (Fsp3) is 0.0714. The van der Waals surface area contributed by atoms with Crippen LogP contribution in [0.4, 0.5) is 28.9 Å². The van der Waals surface area contributed by atoms with Crippen LogP contribution in [-0.4, -0.2) is 0 Å². The van der Waals surface area contributed by atoms with E-state index in [-0.39, 0.29) is 11.3 Å². The third-order valence-corrected chi connectivity index (χ3v) is 2.59. The Morgan fingerprint density at radius 2 is 1.65 bits per heavy atom. The van der Waals surface area contributed by atoms with Crippen molar-refractivity contribution in [3.05, 3.63) is 59.4 Å². The van der Waals surface area contributed by atoms with Gasteiger partial charge in [-0.3, -0.25) is 0 Å². The van der Waals surface area contributed by atoms with E-state index in [2.05, 4.69) is 5.32 Å². The van der Waals surface area contributed by atoms with Gasteiger partial charge >= 0.3 is 6.18 Å². The topological polar surface area (TPSA) is 35.8 Å². The lowest BCUT2D eigenvalue weighted by Crippen LogP contribution is -2.04. The molecule has 0 aliphatic rings. The molecule has 20 heavy (non-hydrogen) atoms. The van der Waals surface area contributed by atoms with E-state index in [9.17, 15) is 17.6 Å². The summed E-state index contributed by atoms with van der Waals surface area (Å²) in [5.41, 5.74) is -0.0403. The van der Waals surface area contributed by atoms with Crippen molar-refractivity contribution >= 4 is 11.4 Å². The summed E-state index contributed by atoms with van der Waals surface area (Å²) in [4.78, 5) is 0. The van der Waals surface area contributed by atoms with Crippen LogP contribution in [0, 0.1) is 17.1 Å². The number of nitrogens with one attached hydrogen (secondary N) is 1. The Hall–Kier alpha value is -2.55. The summed E-state index contributed by atoms with van der Waals surface area (Å²) in [5.74, 6) is -0.543. The summed E-state index contributed by atoms with van der Waals surface area (Å²) in [5, 5.41) is 11.6. The first-order chi connectivity index (χ1) is 9.40. The van der Waals surface area contributed by atoms with Crippen LogP contribution in [0.1, 0.15) is 11.1 Å². The van der Waals surface area contributed by atoms with Gasteiger partial charge in [-0.15, -0.1) is 0 Å². The summed E-state index contributed by atoms with van der Waals surface area (Å²) in [6.07, 6.45) is -4.41. The van der Waals surface area contributed by atoms with Crippen molar-refractivity contribution in [3.8, 4) is 6.07 Å². The zero-order valence-corrected chi connectivity index (χ0v) is 10.0. The van der Waals surface area contributed by atoms with Crippen molar-refractivity contribution in [2.75, 3.05) is 5.32 Å². The molecule has 0 saturated heterocycles. The Kier molecular flexibility index (Phi) is 3.61. The average molecular weight is 280 g/mol. The average Bonchev–Trinajstić information content (AvgIpc) is 2.38. The predicted octanol–water partition coefficient (Wildman–Crippen LogP) is 4.46. The molecule has 0 spiro atoms. The SMILES string of the molecule is N#Cc1ccc(F)cc1Nc1ccc(C(F)(F)F)cc1. The van der Waals surface area contributed by atoms with Crippen molar-refractivity contribution in [1.82, 2.24) is 0 Å². The molecule has 0 amide bonds. The van der Waals surface area contributed by atoms with Gasteiger partial charge in [0.15, 0.2) is 0 Å². The van der Waals surface area contributed by atoms with Gasteiger partial charge in [0.05, 0.1) is 16.8 Å². The number of halogens is 4. The lowest BCUT2D eigenvalue weighted by molar-refractivity contribution is -0.137. The maximum absolute atomic E-state index is 13.1. The highest BCUT2D eigenvalue weighted by Gasteiger charge is 2.29. The first-order valence-electron chi connectivity index (χ1n) is 5.54. The number of anilines is 2. The molecule has 0 atom stereocenters. The van der Waals surface area contributed by atoms with Gasteiger partial charge in [0.1, 0.15) is 11.9 Å². The lowest BCUT2D eigenvalue weighted by Gasteiger charge is -2.10. The number of hydrogen-bond acceptors (Lipinski definition) is 2. The molecule has 6 heteroatoms. The molecule has 0 fully saturated rings. The van der Waals surface area contributed by atoms with Gasteiger partial charge in [0.25, 0.3) is 0 Å². The monoisotopic (exact) mass is 280 g/mol. The van der Waals surface area contributed by atoms with E-state index < -0.39 is 17.6 Å². The molecule has 0 bridgehead atoms.